The maximum atomic E-state index is 13.8. The normalized spacial score (nSPS) is 10.9. The van der Waals surface area contributed by atoms with E-state index in [1.165, 1.54) is 36.0 Å². The van der Waals surface area contributed by atoms with Gasteiger partial charge in [-0.25, -0.2) is 18.7 Å². The number of nitrogens with one attached hydrogen (secondary N) is 1. The highest BCUT2D eigenvalue weighted by atomic mass is 32.2. The van der Waals surface area contributed by atoms with Crippen molar-refractivity contribution in [3.05, 3.63) is 83.9 Å². The lowest BCUT2D eigenvalue weighted by atomic mass is 10.1. The van der Waals surface area contributed by atoms with Gasteiger partial charge >= 0.3 is 0 Å². The molecule has 1 amide bonds. The van der Waals surface area contributed by atoms with Crippen LogP contribution >= 0.6 is 11.8 Å². The molecule has 0 spiro atoms. The molecule has 0 saturated heterocycles. The summed E-state index contributed by atoms with van der Waals surface area (Å²) in [5.74, 6) is -0.652. The Kier molecular flexibility index (Phi) is 6.23. The molecule has 31 heavy (non-hydrogen) atoms. The molecule has 4 rings (SSSR count). The van der Waals surface area contributed by atoms with Crippen molar-refractivity contribution < 1.29 is 13.6 Å². The third-order valence-electron chi connectivity index (χ3n) is 4.72. The number of halogens is 2. The lowest BCUT2D eigenvalue weighted by Crippen LogP contribution is -2.15. The zero-order valence-electron chi connectivity index (χ0n) is 16.7. The minimum absolute atomic E-state index is 0.0552. The molecule has 7 heteroatoms. The van der Waals surface area contributed by atoms with Gasteiger partial charge in [-0.1, -0.05) is 36.9 Å². The maximum Gasteiger partial charge on any atom is 0.234 e. The molecule has 0 aliphatic rings. The van der Waals surface area contributed by atoms with E-state index in [1.54, 1.807) is 24.3 Å². The van der Waals surface area contributed by atoms with Crippen LogP contribution in [0.5, 0.6) is 0 Å². The molecular formula is C24H19F2N3OS. The number of aromatic nitrogens is 2. The lowest BCUT2D eigenvalue weighted by molar-refractivity contribution is -0.113. The van der Waals surface area contributed by atoms with Crippen LogP contribution in [0.1, 0.15) is 12.5 Å². The molecule has 0 unspecified atom stereocenters. The van der Waals surface area contributed by atoms with Crippen molar-refractivity contribution in [3.8, 4) is 11.4 Å². The average molecular weight is 435 g/mol. The number of carbonyl (C=O) groups is 1. The van der Waals surface area contributed by atoms with Gasteiger partial charge in [0, 0.05) is 10.9 Å². The fraction of sp³-hybridized carbons (Fsp3) is 0.125. The zero-order chi connectivity index (χ0) is 21.8. The molecule has 0 aliphatic carbocycles. The van der Waals surface area contributed by atoms with E-state index in [0.717, 1.165) is 22.9 Å². The van der Waals surface area contributed by atoms with E-state index in [4.69, 9.17) is 0 Å². The van der Waals surface area contributed by atoms with Crippen LogP contribution in [0.15, 0.2) is 71.8 Å². The van der Waals surface area contributed by atoms with Gasteiger partial charge in [-0.05, 0) is 60.5 Å². The highest BCUT2D eigenvalue weighted by molar-refractivity contribution is 8.00. The van der Waals surface area contributed by atoms with Crippen LogP contribution in [0, 0.1) is 11.6 Å². The van der Waals surface area contributed by atoms with Gasteiger partial charge in [-0.3, -0.25) is 4.79 Å². The molecule has 0 atom stereocenters. The third kappa shape index (κ3) is 4.88. The van der Waals surface area contributed by atoms with Crippen LogP contribution in [-0.4, -0.2) is 21.6 Å². The molecule has 4 aromatic rings. The van der Waals surface area contributed by atoms with Crippen molar-refractivity contribution in [3.63, 3.8) is 0 Å². The number of thioether (sulfide) groups is 1. The van der Waals surface area contributed by atoms with E-state index in [1.807, 2.05) is 18.2 Å². The summed E-state index contributed by atoms with van der Waals surface area (Å²) in [5.41, 5.74) is 2.69. The van der Waals surface area contributed by atoms with Crippen molar-refractivity contribution in [2.45, 2.75) is 18.4 Å². The van der Waals surface area contributed by atoms with Crippen LogP contribution < -0.4 is 5.32 Å². The SMILES string of the molecule is CCc1ccc2nc(-c3ccc(F)cc3)nc(SCC(=O)Nc3ccccc3F)c2c1. The minimum atomic E-state index is -0.487. The van der Waals surface area contributed by atoms with E-state index in [2.05, 4.69) is 22.2 Å². The van der Waals surface area contributed by atoms with Crippen LogP contribution in [0.4, 0.5) is 14.5 Å². The van der Waals surface area contributed by atoms with Crippen molar-refractivity contribution in [1.82, 2.24) is 9.97 Å². The van der Waals surface area contributed by atoms with Crippen molar-refractivity contribution in [1.29, 1.82) is 0 Å². The predicted molar refractivity (Wildman–Crippen MR) is 120 cm³/mol. The van der Waals surface area contributed by atoms with Gasteiger partial charge < -0.3 is 5.32 Å². The maximum absolute atomic E-state index is 13.8. The summed E-state index contributed by atoms with van der Waals surface area (Å²) in [7, 11) is 0. The van der Waals surface area contributed by atoms with Gasteiger partial charge in [-0.15, -0.1) is 0 Å². The molecule has 1 N–H and O–H groups in total. The number of benzene rings is 3. The fourth-order valence-electron chi connectivity index (χ4n) is 3.09. The van der Waals surface area contributed by atoms with Crippen molar-refractivity contribution in [2.75, 3.05) is 11.1 Å². The van der Waals surface area contributed by atoms with Gasteiger partial charge in [0.2, 0.25) is 5.91 Å². The Morgan fingerprint density at radius 2 is 1.77 bits per heavy atom. The first-order valence-corrected chi connectivity index (χ1v) is 10.8. The Morgan fingerprint density at radius 3 is 2.52 bits per heavy atom. The summed E-state index contributed by atoms with van der Waals surface area (Å²) in [5, 5.41) is 4.07. The Balaban J connectivity index is 1.64. The number of rotatable bonds is 6. The Morgan fingerprint density at radius 1 is 1.00 bits per heavy atom. The summed E-state index contributed by atoms with van der Waals surface area (Å²) < 4.78 is 27.1. The van der Waals surface area contributed by atoms with Crippen molar-refractivity contribution in [2.24, 2.45) is 0 Å². The van der Waals surface area contributed by atoms with Gasteiger partial charge in [0.15, 0.2) is 5.82 Å². The predicted octanol–water partition coefficient (Wildman–Crippen LogP) is 5.87. The van der Waals surface area contributed by atoms with Crippen LogP contribution in [-0.2, 0) is 11.2 Å². The molecule has 1 aromatic heterocycles. The molecule has 1 heterocycles. The summed E-state index contributed by atoms with van der Waals surface area (Å²) in [6.45, 7) is 2.06. The quantitative estimate of drug-likeness (QED) is 0.304. The molecule has 156 valence electrons. The average Bonchev–Trinajstić information content (AvgIpc) is 2.79. The summed E-state index contributed by atoms with van der Waals surface area (Å²) >= 11 is 1.25. The zero-order valence-corrected chi connectivity index (χ0v) is 17.5. The summed E-state index contributed by atoms with van der Waals surface area (Å²) in [4.78, 5) is 21.7. The van der Waals surface area contributed by atoms with E-state index in [9.17, 15) is 13.6 Å². The number of aryl methyl sites for hydroxylation is 1. The highest BCUT2D eigenvalue weighted by Crippen LogP contribution is 2.29. The smallest absolute Gasteiger partial charge is 0.234 e. The number of hydrogen-bond acceptors (Lipinski definition) is 4. The van der Waals surface area contributed by atoms with Crippen molar-refractivity contribution >= 4 is 34.3 Å². The third-order valence-corrected chi connectivity index (χ3v) is 5.71. The molecule has 0 radical (unpaired) electrons. The molecule has 0 aliphatic heterocycles. The first-order valence-electron chi connectivity index (χ1n) is 9.77. The lowest BCUT2D eigenvalue weighted by Gasteiger charge is -2.10. The van der Waals surface area contributed by atoms with Gasteiger partial charge in [0.05, 0.1) is 17.0 Å². The molecule has 4 nitrogen and oxygen atoms in total. The Bertz CT molecular complexity index is 1250. The Labute approximate surface area is 182 Å². The van der Waals surface area contributed by atoms with Crippen LogP contribution in [0.3, 0.4) is 0 Å². The molecule has 0 bridgehead atoms. The number of hydrogen-bond donors (Lipinski definition) is 1. The standard InChI is InChI=1S/C24H19F2N3OS/c1-2-15-7-12-20-18(13-15)24(29-23(28-20)16-8-10-17(25)11-9-16)31-14-22(30)27-21-6-4-3-5-19(21)26/h3-13H,2,14H2,1H3,(H,27,30). The molecular weight excluding hydrogens is 416 g/mol. The summed E-state index contributed by atoms with van der Waals surface area (Å²) in [6.07, 6.45) is 0.855. The second-order valence-electron chi connectivity index (χ2n) is 6.88. The monoisotopic (exact) mass is 435 g/mol. The Hall–Kier alpha value is -3.32. The van der Waals surface area contributed by atoms with Gasteiger partial charge in [0.25, 0.3) is 0 Å². The van der Waals surface area contributed by atoms with E-state index < -0.39 is 5.82 Å². The van der Waals surface area contributed by atoms with Crippen LogP contribution in [0.2, 0.25) is 0 Å². The van der Waals surface area contributed by atoms with Gasteiger partial charge in [0.1, 0.15) is 16.7 Å². The molecule has 0 saturated carbocycles. The molecule has 0 fully saturated rings. The number of carbonyl (C=O) groups excluding carboxylic acids is 1. The topological polar surface area (TPSA) is 54.9 Å². The number of anilines is 1. The number of nitrogens with zero attached hydrogens (tertiary/aromatic N) is 2. The van der Waals surface area contributed by atoms with Crippen LogP contribution in [0.25, 0.3) is 22.3 Å². The van der Waals surface area contributed by atoms with E-state index in [-0.39, 0.29) is 23.2 Å². The molecule has 3 aromatic carbocycles. The first-order chi connectivity index (χ1) is 15.0. The van der Waals surface area contributed by atoms with E-state index >= 15 is 0 Å². The second kappa shape index (κ2) is 9.22. The highest BCUT2D eigenvalue weighted by Gasteiger charge is 2.14. The fourth-order valence-corrected chi connectivity index (χ4v) is 3.90. The minimum Gasteiger partial charge on any atom is -0.323 e. The number of amides is 1. The largest absolute Gasteiger partial charge is 0.323 e. The number of para-hydroxylation sites is 1. The number of fused-ring (bicyclic) bond motifs is 1. The van der Waals surface area contributed by atoms with E-state index in [0.29, 0.717) is 16.4 Å². The van der Waals surface area contributed by atoms with Gasteiger partial charge in [-0.2, -0.15) is 0 Å². The first kappa shape index (κ1) is 20.9. The second-order valence-corrected chi connectivity index (χ2v) is 7.85. The summed E-state index contributed by atoms with van der Waals surface area (Å²) in [6, 6.07) is 17.9.